The highest BCUT2D eigenvalue weighted by Gasteiger charge is 2.03. The highest BCUT2D eigenvalue weighted by Crippen LogP contribution is 2.08. The van der Waals surface area contributed by atoms with Crippen LogP contribution >= 0.6 is 11.8 Å². The van der Waals surface area contributed by atoms with Crippen LogP contribution in [0.2, 0.25) is 0 Å². The van der Waals surface area contributed by atoms with E-state index >= 15 is 0 Å². The molecule has 1 N–H and O–H groups in total. The van der Waals surface area contributed by atoms with Crippen LogP contribution in [0.15, 0.2) is 12.4 Å². The summed E-state index contributed by atoms with van der Waals surface area (Å²) in [5.74, 6) is 2.05. The Bertz CT molecular complexity index is 293. The third kappa shape index (κ3) is 4.05. The molecule has 0 fully saturated rings. The van der Waals surface area contributed by atoms with Gasteiger partial charge >= 0.3 is 0 Å². The van der Waals surface area contributed by atoms with E-state index < -0.39 is 0 Å². The van der Waals surface area contributed by atoms with E-state index in [1.807, 2.05) is 25.9 Å². The third-order valence-electron chi connectivity index (χ3n) is 2.05. The van der Waals surface area contributed by atoms with Crippen molar-refractivity contribution in [3.05, 3.63) is 18.1 Å². The van der Waals surface area contributed by atoms with Crippen molar-refractivity contribution in [1.29, 1.82) is 0 Å². The van der Waals surface area contributed by atoms with Gasteiger partial charge in [-0.15, -0.1) is 0 Å². The Kier molecular flexibility index (Phi) is 5.42. The summed E-state index contributed by atoms with van der Waals surface area (Å²) in [6.07, 6.45) is 5.71. The van der Waals surface area contributed by atoms with E-state index in [0.29, 0.717) is 0 Å². The summed E-state index contributed by atoms with van der Waals surface area (Å²) in [7, 11) is 3.95. The van der Waals surface area contributed by atoms with E-state index in [0.717, 1.165) is 30.4 Å². The van der Waals surface area contributed by atoms with Gasteiger partial charge in [0.1, 0.15) is 5.82 Å². The molecule has 0 aliphatic heterocycles. The van der Waals surface area contributed by atoms with Crippen molar-refractivity contribution < 1.29 is 0 Å². The Morgan fingerprint density at radius 2 is 2.27 bits per heavy atom. The van der Waals surface area contributed by atoms with Gasteiger partial charge < -0.3 is 10.2 Å². The smallest absolute Gasteiger partial charge is 0.147 e. The quantitative estimate of drug-likeness (QED) is 0.783. The van der Waals surface area contributed by atoms with E-state index in [2.05, 4.69) is 26.4 Å². The molecule has 0 aliphatic carbocycles. The van der Waals surface area contributed by atoms with Gasteiger partial charge in [-0.3, -0.25) is 4.98 Å². The molecule has 0 aliphatic rings. The van der Waals surface area contributed by atoms with Crippen molar-refractivity contribution in [2.45, 2.75) is 6.54 Å². The molecule has 0 atom stereocenters. The van der Waals surface area contributed by atoms with Gasteiger partial charge in [0.15, 0.2) is 0 Å². The predicted octanol–water partition coefficient (Wildman–Crippen LogP) is 0.995. The molecule has 4 nitrogen and oxygen atoms in total. The van der Waals surface area contributed by atoms with Gasteiger partial charge in [0.2, 0.25) is 0 Å². The van der Waals surface area contributed by atoms with Crippen molar-refractivity contribution in [1.82, 2.24) is 15.3 Å². The molecule has 84 valence electrons. The first-order chi connectivity index (χ1) is 7.27. The van der Waals surface area contributed by atoms with Crippen molar-refractivity contribution >= 4 is 17.6 Å². The number of rotatable bonds is 6. The molecule has 1 aromatic rings. The van der Waals surface area contributed by atoms with E-state index in [4.69, 9.17) is 0 Å². The van der Waals surface area contributed by atoms with Gasteiger partial charge in [0.25, 0.3) is 0 Å². The number of hydrogen-bond donors (Lipinski definition) is 1. The fraction of sp³-hybridized carbons (Fsp3) is 0.600. The van der Waals surface area contributed by atoms with E-state index in [1.165, 1.54) is 0 Å². The molecule has 1 heterocycles. The van der Waals surface area contributed by atoms with Crippen LogP contribution in [0.3, 0.4) is 0 Å². The Labute approximate surface area is 95.5 Å². The summed E-state index contributed by atoms with van der Waals surface area (Å²) >= 11 is 1.84. The first kappa shape index (κ1) is 12.3. The van der Waals surface area contributed by atoms with Crippen molar-refractivity contribution in [2.75, 3.05) is 37.5 Å². The van der Waals surface area contributed by atoms with Crippen LogP contribution in [-0.4, -0.2) is 42.6 Å². The number of anilines is 1. The first-order valence-corrected chi connectivity index (χ1v) is 6.33. The van der Waals surface area contributed by atoms with Crippen LogP contribution in [0.5, 0.6) is 0 Å². The first-order valence-electron chi connectivity index (χ1n) is 4.93. The zero-order valence-corrected chi connectivity index (χ0v) is 10.3. The minimum absolute atomic E-state index is 0.761. The largest absolute Gasteiger partial charge is 0.358 e. The monoisotopic (exact) mass is 226 g/mol. The number of hydrogen-bond acceptors (Lipinski definition) is 5. The van der Waals surface area contributed by atoms with Gasteiger partial charge in [-0.1, -0.05) is 0 Å². The Morgan fingerprint density at radius 3 is 2.93 bits per heavy atom. The molecule has 0 aromatic carbocycles. The molecule has 0 saturated heterocycles. The number of thioether (sulfide) groups is 1. The van der Waals surface area contributed by atoms with Crippen LogP contribution in [0, 0.1) is 0 Å². The molecule has 0 radical (unpaired) electrons. The van der Waals surface area contributed by atoms with Crippen molar-refractivity contribution in [3.8, 4) is 0 Å². The van der Waals surface area contributed by atoms with Crippen LogP contribution in [-0.2, 0) is 6.54 Å². The van der Waals surface area contributed by atoms with Crippen LogP contribution in [0.4, 0.5) is 5.82 Å². The summed E-state index contributed by atoms with van der Waals surface area (Å²) < 4.78 is 0. The zero-order chi connectivity index (χ0) is 11.1. The van der Waals surface area contributed by atoms with Crippen LogP contribution < -0.4 is 10.2 Å². The minimum atomic E-state index is 0.761. The summed E-state index contributed by atoms with van der Waals surface area (Å²) in [5.41, 5.74) is 0.978. The molecule has 0 bridgehead atoms. The topological polar surface area (TPSA) is 41.1 Å². The molecule has 15 heavy (non-hydrogen) atoms. The maximum absolute atomic E-state index is 4.51. The molecule has 0 spiro atoms. The SMILES string of the molecule is CNCc1cncc(N(C)CCSC)n1. The van der Waals surface area contributed by atoms with E-state index in [9.17, 15) is 0 Å². The minimum Gasteiger partial charge on any atom is -0.358 e. The van der Waals surface area contributed by atoms with Gasteiger partial charge in [0.05, 0.1) is 11.9 Å². The normalized spacial score (nSPS) is 10.3. The maximum atomic E-state index is 4.51. The summed E-state index contributed by atoms with van der Waals surface area (Å²) in [6, 6.07) is 0. The predicted molar refractivity (Wildman–Crippen MR) is 66.4 cm³/mol. The molecule has 0 amide bonds. The molecule has 0 saturated carbocycles. The molecule has 5 heteroatoms. The average molecular weight is 226 g/mol. The number of nitrogens with one attached hydrogen (secondary N) is 1. The summed E-state index contributed by atoms with van der Waals surface area (Å²) in [6.45, 7) is 1.76. The Hall–Kier alpha value is -0.810. The molecular weight excluding hydrogens is 208 g/mol. The third-order valence-corrected chi connectivity index (χ3v) is 2.64. The van der Waals surface area contributed by atoms with E-state index in [1.54, 1.807) is 12.4 Å². The standard InChI is InChI=1S/C10H18N4S/c1-11-6-9-7-12-8-10(13-9)14(2)4-5-15-3/h7-8,11H,4-6H2,1-3H3. The van der Waals surface area contributed by atoms with Gasteiger partial charge in [-0.05, 0) is 13.3 Å². The summed E-state index contributed by atoms with van der Waals surface area (Å²) in [4.78, 5) is 10.8. The van der Waals surface area contributed by atoms with E-state index in [-0.39, 0.29) is 0 Å². The second kappa shape index (κ2) is 6.63. The zero-order valence-electron chi connectivity index (χ0n) is 9.53. The fourth-order valence-corrected chi connectivity index (χ4v) is 1.64. The Balaban J connectivity index is 2.62. The van der Waals surface area contributed by atoms with Crippen molar-refractivity contribution in [2.24, 2.45) is 0 Å². The lowest BCUT2D eigenvalue weighted by Gasteiger charge is -2.17. The lowest BCUT2D eigenvalue weighted by atomic mass is 10.4. The highest BCUT2D eigenvalue weighted by molar-refractivity contribution is 7.98. The Morgan fingerprint density at radius 1 is 1.47 bits per heavy atom. The molecular formula is C10H18N4S. The molecule has 1 aromatic heterocycles. The lowest BCUT2D eigenvalue weighted by Crippen LogP contribution is -2.22. The van der Waals surface area contributed by atoms with Gasteiger partial charge in [-0.2, -0.15) is 11.8 Å². The number of nitrogens with zero attached hydrogens (tertiary/aromatic N) is 3. The van der Waals surface area contributed by atoms with Crippen LogP contribution in [0.25, 0.3) is 0 Å². The molecule has 1 rings (SSSR count). The average Bonchev–Trinajstić information content (AvgIpc) is 2.27. The van der Waals surface area contributed by atoms with Gasteiger partial charge in [-0.25, -0.2) is 4.98 Å². The van der Waals surface area contributed by atoms with Gasteiger partial charge in [0, 0.05) is 32.1 Å². The second-order valence-corrected chi connectivity index (χ2v) is 4.30. The maximum Gasteiger partial charge on any atom is 0.147 e. The lowest BCUT2D eigenvalue weighted by molar-refractivity contribution is 0.778. The fourth-order valence-electron chi connectivity index (χ4n) is 1.19. The summed E-state index contributed by atoms with van der Waals surface area (Å²) in [5, 5.41) is 3.07. The highest BCUT2D eigenvalue weighted by atomic mass is 32.2. The van der Waals surface area contributed by atoms with Crippen molar-refractivity contribution in [3.63, 3.8) is 0 Å². The van der Waals surface area contributed by atoms with Crippen LogP contribution in [0.1, 0.15) is 5.69 Å². The number of aromatic nitrogens is 2. The molecule has 0 unspecified atom stereocenters. The second-order valence-electron chi connectivity index (χ2n) is 3.31.